The number of aromatic nitrogens is 1. The van der Waals surface area contributed by atoms with E-state index in [9.17, 15) is 9.18 Å². The van der Waals surface area contributed by atoms with E-state index in [0.717, 1.165) is 33.3 Å². The molecule has 2 aromatic carbocycles. The SMILES string of the molecule is O=C1Cc2cc(-c3c[nH]c4cc(F)ccc34)ccc2N1. The van der Waals surface area contributed by atoms with Crippen LogP contribution in [0, 0.1) is 5.82 Å². The highest BCUT2D eigenvalue weighted by Crippen LogP contribution is 2.33. The van der Waals surface area contributed by atoms with Gasteiger partial charge in [-0.25, -0.2) is 4.39 Å². The fourth-order valence-electron chi connectivity index (χ4n) is 2.73. The number of hydrogen-bond acceptors (Lipinski definition) is 1. The summed E-state index contributed by atoms with van der Waals surface area (Å²) in [5.41, 5.74) is 4.70. The highest BCUT2D eigenvalue weighted by molar-refractivity contribution is 6.01. The quantitative estimate of drug-likeness (QED) is 0.696. The van der Waals surface area contributed by atoms with Gasteiger partial charge in [-0.05, 0) is 41.5 Å². The zero-order valence-corrected chi connectivity index (χ0v) is 10.5. The van der Waals surface area contributed by atoms with Gasteiger partial charge in [0.05, 0.1) is 6.42 Å². The smallest absolute Gasteiger partial charge is 0.228 e. The van der Waals surface area contributed by atoms with Gasteiger partial charge in [-0.15, -0.1) is 0 Å². The molecular weight excluding hydrogens is 255 g/mol. The van der Waals surface area contributed by atoms with Crippen molar-refractivity contribution in [2.24, 2.45) is 0 Å². The third-order valence-electron chi connectivity index (χ3n) is 3.69. The maximum atomic E-state index is 13.2. The second-order valence-electron chi connectivity index (χ2n) is 4.99. The number of rotatable bonds is 1. The molecule has 0 saturated heterocycles. The fraction of sp³-hybridized carbons (Fsp3) is 0.0625. The lowest BCUT2D eigenvalue weighted by molar-refractivity contribution is -0.115. The zero-order chi connectivity index (χ0) is 13.7. The van der Waals surface area contributed by atoms with Crippen molar-refractivity contribution in [1.29, 1.82) is 0 Å². The molecule has 0 saturated carbocycles. The summed E-state index contributed by atoms with van der Waals surface area (Å²) in [6.07, 6.45) is 2.29. The Labute approximate surface area is 114 Å². The fourth-order valence-corrected chi connectivity index (χ4v) is 2.73. The summed E-state index contributed by atoms with van der Waals surface area (Å²) in [4.78, 5) is 14.5. The molecule has 3 nitrogen and oxygen atoms in total. The van der Waals surface area contributed by atoms with E-state index in [4.69, 9.17) is 0 Å². The van der Waals surface area contributed by atoms with Crippen LogP contribution < -0.4 is 5.32 Å². The first-order valence-corrected chi connectivity index (χ1v) is 6.40. The molecule has 2 heterocycles. The Morgan fingerprint density at radius 1 is 1.10 bits per heavy atom. The lowest BCUT2D eigenvalue weighted by Crippen LogP contribution is -2.03. The summed E-state index contributed by atoms with van der Waals surface area (Å²) >= 11 is 0. The van der Waals surface area contributed by atoms with Crippen LogP contribution in [0.4, 0.5) is 10.1 Å². The molecule has 1 aromatic heterocycles. The number of nitrogens with one attached hydrogen (secondary N) is 2. The van der Waals surface area contributed by atoms with E-state index < -0.39 is 0 Å². The maximum Gasteiger partial charge on any atom is 0.228 e. The number of carbonyl (C=O) groups is 1. The molecule has 3 aromatic rings. The third-order valence-corrected chi connectivity index (χ3v) is 3.69. The van der Waals surface area contributed by atoms with Crippen molar-refractivity contribution < 1.29 is 9.18 Å². The number of carbonyl (C=O) groups excluding carboxylic acids is 1. The Balaban J connectivity index is 1.88. The van der Waals surface area contributed by atoms with Crippen LogP contribution in [0.25, 0.3) is 22.0 Å². The third kappa shape index (κ3) is 1.61. The van der Waals surface area contributed by atoms with E-state index in [2.05, 4.69) is 10.3 Å². The molecule has 1 aliphatic heterocycles. The Hall–Kier alpha value is -2.62. The van der Waals surface area contributed by atoms with E-state index >= 15 is 0 Å². The Morgan fingerprint density at radius 2 is 2.00 bits per heavy atom. The number of benzene rings is 2. The summed E-state index contributed by atoms with van der Waals surface area (Å²) in [6, 6.07) is 10.6. The topological polar surface area (TPSA) is 44.9 Å². The average Bonchev–Trinajstić information content (AvgIpc) is 2.99. The molecule has 1 amide bonds. The monoisotopic (exact) mass is 266 g/mol. The second kappa shape index (κ2) is 3.93. The van der Waals surface area contributed by atoms with Gasteiger partial charge < -0.3 is 10.3 Å². The van der Waals surface area contributed by atoms with Gasteiger partial charge in [-0.2, -0.15) is 0 Å². The van der Waals surface area contributed by atoms with Crippen molar-refractivity contribution in [3.05, 3.63) is 54.0 Å². The van der Waals surface area contributed by atoms with Gasteiger partial charge in [-0.1, -0.05) is 6.07 Å². The van der Waals surface area contributed by atoms with Gasteiger partial charge in [0, 0.05) is 28.4 Å². The van der Waals surface area contributed by atoms with Crippen molar-refractivity contribution in [2.75, 3.05) is 5.32 Å². The molecule has 0 atom stereocenters. The summed E-state index contributed by atoms with van der Waals surface area (Å²) in [6.45, 7) is 0. The molecule has 0 unspecified atom stereocenters. The number of hydrogen-bond donors (Lipinski definition) is 2. The Morgan fingerprint density at radius 3 is 2.90 bits per heavy atom. The number of H-pyrrole nitrogens is 1. The molecule has 98 valence electrons. The van der Waals surface area contributed by atoms with Gasteiger partial charge in [0.2, 0.25) is 5.91 Å². The van der Waals surface area contributed by atoms with Crippen molar-refractivity contribution in [2.45, 2.75) is 6.42 Å². The van der Waals surface area contributed by atoms with E-state index in [1.54, 1.807) is 6.07 Å². The number of fused-ring (bicyclic) bond motifs is 2. The highest BCUT2D eigenvalue weighted by Gasteiger charge is 2.18. The van der Waals surface area contributed by atoms with Crippen molar-refractivity contribution in [1.82, 2.24) is 4.98 Å². The molecule has 0 aliphatic carbocycles. The maximum absolute atomic E-state index is 13.2. The Kier molecular flexibility index (Phi) is 2.21. The Bertz CT molecular complexity index is 851. The summed E-state index contributed by atoms with van der Waals surface area (Å²) in [5, 5.41) is 3.79. The van der Waals surface area contributed by atoms with Crippen LogP contribution in [0.2, 0.25) is 0 Å². The van der Waals surface area contributed by atoms with Gasteiger partial charge in [0.1, 0.15) is 5.82 Å². The molecule has 2 N–H and O–H groups in total. The minimum atomic E-state index is -0.255. The molecule has 0 fully saturated rings. The zero-order valence-electron chi connectivity index (χ0n) is 10.5. The molecule has 4 heteroatoms. The van der Waals surface area contributed by atoms with Gasteiger partial charge >= 0.3 is 0 Å². The normalized spacial score (nSPS) is 13.6. The number of aromatic amines is 1. The average molecular weight is 266 g/mol. The van der Waals surface area contributed by atoms with Crippen molar-refractivity contribution in [3.63, 3.8) is 0 Å². The largest absolute Gasteiger partial charge is 0.360 e. The van der Waals surface area contributed by atoms with Crippen LogP contribution in [0.3, 0.4) is 0 Å². The van der Waals surface area contributed by atoms with Gasteiger partial charge in [0.15, 0.2) is 0 Å². The van der Waals surface area contributed by atoms with Crippen LogP contribution >= 0.6 is 0 Å². The number of anilines is 1. The van der Waals surface area contributed by atoms with E-state index in [-0.39, 0.29) is 11.7 Å². The van der Waals surface area contributed by atoms with Crippen molar-refractivity contribution >= 4 is 22.5 Å². The lowest BCUT2D eigenvalue weighted by atomic mass is 10.0. The molecule has 4 rings (SSSR count). The van der Waals surface area contributed by atoms with Gasteiger partial charge in [-0.3, -0.25) is 4.79 Å². The summed E-state index contributed by atoms with van der Waals surface area (Å²) in [5.74, 6) is -0.229. The lowest BCUT2D eigenvalue weighted by Gasteiger charge is -2.03. The van der Waals surface area contributed by atoms with Crippen molar-refractivity contribution in [3.8, 4) is 11.1 Å². The first kappa shape index (κ1) is 11.2. The molecule has 0 bridgehead atoms. The predicted molar refractivity (Wildman–Crippen MR) is 76.0 cm³/mol. The molecule has 0 spiro atoms. The molecule has 1 aliphatic rings. The first-order valence-electron chi connectivity index (χ1n) is 6.40. The predicted octanol–water partition coefficient (Wildman–Crippen LogP) is 3.47. The van der Waals surface area contributed by atoms with Crippen LogP contribution in [0.1, 0.15) is 5.56 Å². The molecule has 0 radical (unpaired) electrons. The molecule has 20 heavy (non-hydrogen) atoms. The van der Waals surface area contributed by atoms with Crippen LogP contribution in [-0.4, -0.2) is 10.9 Å². The van der Waals surface area contributed by atoms with E-state index in [1.165, 1.54) is 12.1 Å². The van der Waals surface area contributed by atoms with Gasteiger partial charge in [0.25, 0.3) is 0 Å². The number of amides is 1. The standard InChI is InChI=1S/C16H11FN2O/c17-11-2-3-12-13(8-18-15(12)7-11)9-1-4-14-10(5-9)6-16(20)19-14/h1-5,7-8,18H,6H2,(H,19,20). The van der Waals surface area contributed by atoms with E-state index in [1.807, 2.05) is 24.4 Å². The molecular formula is C16H11FN2O. The van der Waals surface area contributed by atoms with Crippen LogP contribution in [0.5, 0.6) is 0 Å². The minimum absolute atomic E-state index is 0.0261. The summed E-state index contributed by atoms with van der Waals surface area (Å²) in [7, 11) is 0. The second-order valence-corrected chi connectivity index (χ2v) is 4.99. The highest BCUT2D eigenvalue weighted by atomic mass is 19.1. The van der Waals surface area contributed by atoms with Crippen LogP contribution in [-0.2, 0) is 11.2 Å². The first-order chi connectivity index (χ1) is 9.70. The van der Waals surface area contributed by atoms with Crippen LogP contribution in [0.15, 0.2) is 42.6 Å². The summed E-state index contributed by atoms with van der Waals surface area (Å²) < 4.78 is 13.2. The van der Waals surface area contributed by atoms with E-state index in [0.29, 0.717) is 6.42 Å². The number of halogens is 1. The minimum Gasteiger partial charge on any atom is -0.360 e.